The van der Waals surface area contributed by atoms with E-state index in [1.165, 1.54) is 0 Å². The van der Waals surface area contributed by atoms with E-state index in [0.717, 1.165) is 0 Å². The van der Waals surface area contributed by atoms with Gasteiger partial charge in [-0.3, -0.25) is 0 Å². The fraction of sp³-hybridized carbons (Fsp3) is 1.00. The number of aliphatic hydroxyl groups excluding tert-OH is 3. The summed E-state index contributed by atoms with van der Waals surface area (Å²) in [6.45, 7) is 5.79. The minimum atomic E-state index is -3.69. The van der Waals surface area contributed by atoms with Crippen molar-refractivity contribution in [2.45, 2.75) is 20.8 Å². The molecule has 0 fully saturated rings. The zero-order valence-corrected chi connectivity index (χ0v) is 9.57. The van der Waals surface area contributed by atoms with Gasteiger partial charge in [0.1, 0.15) is 0 Å². The summed E-state index contributed by atoms with van der Waals surface area (Å²) in [5.74, 6) is 0. The van der Waals surface area contributed by atoms with Gasteiger partial charge in [0.15, 0.2) is 0 Å². The van der Waals surface area contributed by atoms with Crippen LogP contribution in [0.15, 0.2) is 0 Å². The van der Waals surface area contributed by atoms with E-state index in [1.54, 1.807) is 20.8 Å². The van der Waals surface area contributed by atoms with Gasteiger partial charge in [0.25, 0.3) is 0 Å². The fourth-order valence-electron chi connectivity index (χ4n) is 0. The molecule has 0 unspecified atom stereocenters. The van der Waals surface area contributed by atoms with Crippen molar-refractivity contribution in [2.24, 2.45) is 0 Å². The van der Waals surface area contributed by atoms with Gasteiger partial charge >= 0.3 is 26.8 Å². The van der Waals surface area contributed by atoms with E-state index in [9.17, 15) is 0 Å². The summed E-state index contributed by atoms with van der Waals surface area (Å²) in [4.78, 5) is 0. The van der Waals surface area contributed by atoms with Gasteiger partial charge in [-0.1, -0.05) is 0 Å². The van der Waals surface area contributed by atoms with Gasteiger partial charge in [-0.05, 0) is 20.8 Å². The summed E-state index contributed by atoms with van der Waals surface area (Å²) in [6.07, 6.45) is 0. The van der Waals surface area contributed by atoms with Gasteiger partial charge in [0.05, 0.1) is 0 Å². The zero-order chi connectivity index (χ0) is 11.7. The van der Waals surface area contributed by atoms with Crippen molar-refractivity contribution in [3.8, 4) is 0 Å². The Labute approximate surface area is 83.2 Å². The molecule has 0 rings (SSSR count). The van der Waals surface area contributed by atoms with Crippen molar-refractivity contribution in [3.63, 3.8) is 0 Å². The van der Waals surface area contributed by atoms with Gasteiger partial charge in [-0.15, -0.1) is 0 Å². The second-order valence-corrected chi connectivity index (χ2v) is 1.93. The quantitative estimate of drug-likeness (QED) is 0.439. The monoisotopic (exact) mass is 238 g/mol. The normalized spacial score (nSPS) is 6.08. The first-order valence-electron chi connectivity index (χ1n) is 3.64. The molecule has 84 valence electrons. The molecule has 0 bridgehead atoms. The Bertz CT molecular complexity index is 90.5. The Morgan fingerprint density at radius 1 is 0.846 bits per heavy atom. The topological polar surface area (TPSA) is 115 Å². The van der Waals surface area contributed by atoms with Crippen LogP contribution in [0.1, 0.15) is 20.8 Å². The molecule has 0 aromatic carbocycles. The van der Waals surface area contributed by atoms with Gasteiger partial charge in [-0.2, -0.15) is 0 Å². The van der Waals surface area contributed by atoms with Crippen molar-refractivity contribution in [1.29, 1.82) is 0 Å². The Kier molecular flexibility index (Phi) is 71.6. The van der Waals surface area contributed by atoms with Crippen LogP contribution in [0.3, 0.4) is 0 Å². The average Bonchev–Trinajstić information content (AvgIpc) is 1.88. The average molecular weight is 238 g/mol. The minimum absolute atomic E-state index is 0.250. The van der Waals surface area contributed by atoms with Crippen LogP contribution < -0.4 is 0 Å². The molecular weight excluding hydrogens is 219 g/mol. The molecule has 0 atom stereocenters. The van der Waals surface area contributed by atoms with Crippen molar-refractivity contribution in [1.82, 2.24) is 0 Å². The molecule has 7 heteroatoms. The Balaban J connectivity index is -0.0000000420. The Hall–Kier alpha value is 0.0244. The molecule has 0 aliphatic carbocycles. The van der Waals surface area contributed by atoms with Crippen LogP contribution in [0, 0.1) is 0 Å². The second-order valence-electron chi connectivity index (χ2n) is 1.19. The predicted octanol–water partition coefficient (Wildman–Crippen LogP) is -0.801. The molecule has 0 aromatic rings. The number of hydrogen-bond acceptors (Lipinski definition) is 5. The first kappa shape index (κ1) is 23.1. The molecule has 13 heavy (non-hydrogen) atoms. The summed E-state index contributed by atoms with van der Waals surface area (Å²) in [5, 5.41) is 22.7. The third-order valence-electron chi connectivity index (χ3n) is 0. The molecule has 0 radical (unpaired) electrons. The predicted molar refractivity (Wildman–Crippen MR) is 41.9 cm³/mol. The Morgan fingerprint density at radius 2 is 0.846 bits per heavy atom. The molecule has 0 aliphatic heterocycles. The number of aliphatic hydroxyl groups is 3. The third-order valence-corrected chi connectivity index (χ3v) is 0. The van der Waals surface area contributed by atoms with Gasteiger partial charge in [0.2, 0.25) is 0 Å². The molecule has 0 aromatic heterocycles. The van der Waals surface area contributed by atoms with Crippen molar-refractivity contribution >= 4 is 0 Å². The van der Waals surface area contributed by atoms with Gasteiger partial charge < -0.3 is 15.3 Å². The molecule has 0 saturated heterocycles. The van der Waals surface area contributed by atoms with E-state index >= 15 is 0 Å². The SMILES string of the molecule is CCO.CCO.CCO.[O]=[V](=[O])[OH]. The van der Waals surface area contributed by atoms with E-state index in [0.29, 0.717) is 0 Å². The van der Waals surface area contributed by atoms with Crippen molar-refractivity contribution < 1.29 is 42.1 Å². The van der Waals surface area contributed by atoms with Crippen LogP contribution >= 0.6 is 0 Å². The summed E-state index contributed by atoms with van der Waals surface area (Å²) in [6, 6.07) is 0. The zero-order valence-electron chi connectivity index (χ0n) is 8.17. The molecule has 0 spiro atoms. The first-order chi connectivity index (χ1) is 5.97. The van der Waals surface area contributed by atoms with E-state index in [-0.39, 0.29) is 19.8 Å². The summed E-state index contributed by atoms with van der Waals surface area (Å²) in [5.41, 5.74) is 0. The summed E-state index contributed by atoms with van der Waals surface area (Å²) in [7, 11) is 0. The molecule has 6 nitrogen and oxygen atoms in total. The van der Waals surface area contributed by atoms with E-state index < -0.39 is 15.4 Å². The third kappa shape index (κ3) is 2030000. The second kappa shape index (κ2) is 40.3. The molecule has 0 heterocycles. The summed E-state index contributed by atoms with van der Waals surface area (Å²) >= 11 is -3.69. The van der Waals surface area contributed by atoms with E-state index in [2.05, 4.69) is 0 Å². The first-order valence-corrected chi connectivity index (χ1v) is 5.40. The van der Waals surface area contributed by atoms with Crippen molar-refractivity contribution in [3.05, 3.63) is 0 Å². The Morgan fingerprint density at radius 3 is 0.846 bits per heavy atom. The number of rotatable bonds is 0. The summed E-state index contributed by atoms with van der Waals surface area (Å²) < 4.78 is 24.4. The molecule has 0 saturated carbocycles. The van der Waals surface area contributed by atoms with Crippen LogP contribution in [-0.2, 0) is 22.7 Å². The molecule has 0 aliphatic rings. The van der Waals surface area contributed by atoms with Crippen LogP contribution in [0.2, 0.25) is 0 Å². The van der Waals surface area contributed by atoms with Crippen LogP contribution in [0.25, 0.3) is 0 Å². The van der Waals surface area contributed by atoms with E-state index in [4.69, 9.17) is 26.7 Å². The maximum atomic E-state index is 8.67. The standard InChI is InChI=1S/3C2H6O.H2O.2O.V/c3*1-2-3;;;;/h3*3H,2H2,1H3;1H2;;;/q;;;;;;+1/p-1. The van der Waals surface area contributed by atoms with Gasteiger partial charge in [0, 0.05) is 19.8 Å². The molecule has 0 amide bonds. The van der Waals surface area contributed by atoms with Crippen molar-refractivity contribution in [2.75, 3.05) is 19.8 Å². The fourth-order valence-corrected chi connectivity index (χ4v) is 0. The van der Waals surface area contributed by atoms with E-state index in [1.807, 2.05) is 0 Å². The molecular formula is C6H19O6V. The van der Waals surface area contributed by atoms with Crippen LogP contribution in [-0.4, -0.2) is 39.2 Å². The van der Waals surface area contributed by atoms with Crippen LogP contribution in [0.4, 0.5) is 0 Å². The molecule has 4 N–H and O–H groups in total. The van der Waals surface area contributed by atoms with Gasteiger partial charge in [-0.25, -0.2) is 0 Å². The number of hydrogen-bond donors (Lipinski definition) is 4. The van der Waals surface area contributed by atoms with Crippen LogP contribution in [0.5, 0.6) is 0 Å². The maximum absolute atomic E-state index is 8.67.